The number of benzene rings is 1. The highest BCUT2D eigenvalue weighted by Gasteiger charge is 1.91. The monoisotopic (exact) mass is 193 g/mol. The topological polar surface area (TPSA) is 64.1 Å². The molecule has 0 bridgehead atoms. The molecule has 1 rings (SSSR count). The highest BCUT2D eigenvalue weighted by molar-refractivity contribution is 5.50. The lowest BCUT2D eigenvalue weighted by Crippen LogP contribution is -2.03. The van der Waals surface area contributed by atoms with Crippen molar-refractivity contribution in [1.82, 2.24) is 0 Å². The van der Waals surface area contributed by atoms with Gasteiger partial charge in [-0.3, -0.25) is 0 Å². The van der Waals surface area contributed by atoms with Crippen LogP contribution in [0.4, 0.5) is 11.4 Å². The lowest BCUT2D eigenvalue weighted by molar-refractivity contribution is 0.707. The van der Waals surface area contributed by atoms with E-state index in [1.165, 1.54) is 12.8 Å². The van der Waals surface area contributed by atoms with Crippen LogP contribution in [0.3, 0.4) is 0 Å². The molecule has 5 N–H and O–H groups in total. The summed E-state index contributed by atoms with van der Waals surface area (Å²) >= 11 is 0. The van der Waals surface area contributed by atoms with Crippen molar-refractivity contribution in [3.05, 3.63) is 24.3 Å². The third-order valence-corrected chi connectivity index (χ3v) is 2.12. The van der Waals surface area contributed by atoms with E-state index in [1.54, 1.807) is 0 Å². The van der Waals surface area contributed by atoms with Gasteiger partial charge in [0, 0.05) is 17.9 Å². The van der Waals surface area contributed by atoms with E-state index >= 15 is 0 Å². The van der Waals surface area contributed by atoms with Crippen LogP contribution in [-0.4, -0.2) is 13.1 Å². The van der Waals surface area contributed by atoms with Gasteiger partial charge in [0.2, 0.25) is 0 Å². The third-order valence-electron chi connectivity index (χ3n) is 2.12. The maximum Gasteiger partial charge on any atom is 0.0341 e. The molecule has 0 atom stereocenters. The first-order chi connectivity index (χ1) is 6.83. The number of hydrogen-bond donors (Lipinski definition) is 3. The van der Waals surface area contributed by atoms with Gasteiger partial charge in [0.15, 0.2) is 0 Å². The fraction of sp³-hybridized carbons (Fsp3) is 0.455. The van der Waals surface area contributed by atoms with E-state index in [9.17, 15) is 0 Å². The Kier molecular flexibility index (Phi) is 4.86. The van der Waals surface area contributed by atoms with Gasteiger partial charge >= 0.3 is 0 Å². The van der Waals surface area contributed by atoms with E-state index < -0.39 is 0 Å². The molecule has 14 heavy (non-hydrogen) atoms. The number of rotatable bonds is 6. The van der Waals surface area contributed by atoms with Crippen molar-refractivity contribution in [2.24, 2.45) is 5.73 Å². The fourth-order valence-electron chi connectivity index (χ4n) is 1.28. The van der Waals surface area contributed by atoms with E-state index in [1.807, 2.05) is 24.3 Å². The van der Waals surface area contributed by atoms with E-state index in [2.05, 4.69) is 5.32 Å². The van der Waals surface area contributed by atoms with Gasteiger partial charge in [-0.1, -0.05) is 6.42 Å². The molecule has 1 aromatic carbocycles. The van der Waals surface area contributed by atoms with Crippen LogP contribution >= 0.6 is 0 Å². The molecule has 0 unspecified atom stereocenters. The minimum absolute atomic E-state index is 0.794. The second kappa shape index (κ2) is 6.27. The second-order valence-electron chi connectivity index (χ2n) is 3.40. The molecule has 0 aliphatic heterocycles. The molecule has 0 spiro atoms. The van der Waals surface area contributed by atoms with Crippen LogP contribution in [0.5, 0.6) is 0 Å². The van der Waals surface area contributed by atoms with Gasteiger partial charge in [-0.05, 0) is 43.7 Å². The number of anilines is 2. The second-order valence-corrected chi connectivity index (χ2v) is 3.40. The lowest BCUT2D eigenvalue weighted by Gasteiger charge is -2.05. The summed E-state index contributed by atoms with van der Waals surface area (Å²) in [4.78, 5) is 0. The number of unbranched alkanes of at least 4 members (excludes halogenated alkanes) is 2. The zero-order valence-electron chi connectivity index (χ0n) is 8.50. The van der Waals surface area contributed by atoms with Crippen molar-refractivity contribution < 1.29 is 0 Å². The average Bonchev–Trinajstić information content (AvgIpc) is 2.21. The summed E-state index contributed by atoms with van der Waals surface area (Å²) in [7, 11) is 0. The SMILES string of the molecule is NCCCCCNc1ccc(N)cc1. The Labute approximate surface area is 85.5 Å². The number of nitrogens with one attached hydrogen (secondary N) is 1. The van der Waals surface area contributed by atoms with Gasteiger partial charge in [0.1, 0.15) is 0 Å². The standard InChI is InChI=1S/C11H19N3/c12-8-2-1-3-9-14-11-6-4-10(13)5-7-11/h4-7,14H,1-3,8-9,12-13H2. The minimum Gasteiger partial charge on any atom is -0.399 e. The zero-order chi connectivity index (χ0) is 10.2. The quantitative estimate of drug-likeness (QED) is 0.477. The van der Waals surface area contributed by atoms with Crippen molar-refractivity contribution >= 4 is 11.4 Å². The highest BCUT2D eigenvalue weighted by atomic mass is 14.9. The lowest BCUT2D eigenvalue weighted by atomic mass is 10.2. The summed E-state index contributed by atoms with van der Waals surface area (Å²) in [5.41, 5.74) is 12.9. The van der Waals surface area contributed by atoms with Crippen molar-refractivity contribution in [2.75, 3.05) is 24.1 Å². The van der Waals surface area contributed by atoms with Crippen molar-refractivity contribution in [3.63, 3.8) is 0 Å². The molecule has 0 heterocycles. The van der Waals surface area contributed by atoms with Crippen LogP contribution in [0.25, 0.3) is 0 Å². The van der Waals surface area contributed by atoms with E-state index in [-0.39, 0.29) is 0 Å². The van der Waals surface area contributed by atoms with Gasteiger partial charge < -0.3 is 16.8 Å². The molecule has 3 heteroatoms. The van der Waals surface area contributed by atoms with Gasteiger partial charge in [0.05, 0.1) is 0 Å². The molecule has 0 saturated heterocycles. The van der Waals surface area contributed by atoms with Crippen LogP contribution in [0.1, 0.15) is 19.3 Å². The summed E-state index contributed by atoms with van der Waals surface area (Å²) in [5.74, 6) is 0. The zero-order valence-corrected chi connectivity index (χ0v) is 8.50. The van der Waals surface area contributed by atoms with Crippen LogP contribution < -0.4 is 16.8 Å². The minimum atomic E-state index is 0.794. The summed E-state index contributed by atoms with van der Waals surface area (Å²) in [6.45, 7) is 1.80. The summed E-state index contributed by atoms with van der Waals surface area (Å²) in [6, 6.07) is 7.81. The van der Waals surface area contributed by atoms with E-state index in [0.717, 1.165) is 30.9 Å². The van der Waals surface area contributed by atoms with Gasteiger partial charge in [-0.2, -0.15) is 0 Å². The van der Waals surface area contributed by atoms with Gasteiger partial charge in [-0.25, -0.2) is 0 Å². The molecule has 1 aromatic rings. The fourth-order valence-corrected chi connectivity index (χ4v) is 1.28. The van der Waals surface area contributed by atoms with Gasteiger partial charge in [0.25, 0.3) is 0 Å². The molecule has 0 saturated carbocycles. The molecule has 3 nitrogen and oxygen atoms in total. The Morgan fingerprint density at radius 2 is 1.71 bits per heavy atom. The Balaban J connectivity index is 2.15. The molecule has 0 amide bonds. The molecule has 0 radical (unpaired) electrons. The third kappa shape index (κ3) is 4.14. The molecular formula is C11H19N3. The van der Waals surface area contributed by atoms with Crippen molar-refractivity contribution in [3.8, 4) is 0 Å². The number of nitrogens with two attached hydrogens (primary N) is 2. The normalized spacial score (nSPS) is 10.1. The maximum absolute atomic E-state index is 5.58. The van der Waals surface area contributed by atoms with Crippen molar-refractivity contribution in [2.45, 2.75) is 19.3 Å². The first kappa shape index (κ1) is 10.9. The molecule has 0 aliphatic rings. The summed E-state index contributed by atoms with van der Waals surface area (Å²) in [5, 5.41) is 3.33. The van der Waals surface area contributed by atoms with E-state index in [4.69, 9.17) is 11.5 Å². The average molecular weight is 193 g/mol. The molecule has 0 aromatic heterocycles. The molecular weight excluding hydrogens is 174 g/mol. The largest absolute Gasteiger partial charge is 0.399 e. The molecule has 78 valence electrons. The molecule has 0 aliphatic carbocycles. The smallest absolute Gasteiger partial charge is 0.0341 e. The van der Waals surface area contributed by atoms with Crippen LogP contribution in [0, 0.1) is 0 Å². The summed E-state index contributed by atoms with van der Waals surface area (Å²) < 4.78 is 0. The molecule has 0 fully saturated rings. The Morgan fingerprint density at radius 1 is 1.00 bits per heavy atom. The predicted molar refractivity (Wildman–Crippen MR) is 62.2 cm³/mol. The van der Waals surface area contributed by atoms with Crippen LogP contribution in [0.2, 0.25) is 0 Å². The number of nitrogen functional groups attached to an aromatic ring is 1. The Morgan fingerprint density at radius 3 is 2.36 bits per heavy atom. The van der Waals surface area contributed by atoms with Gasteiger partial charge in [-0.15, -0.1) is 0 Å². The maximum atomic E-state index is 5.58. The van der Waals surface area contributed by atoms with Crippen molar-refractivity contribution in [1.29, 1.82) is 0 Å². The number of hydrogen-bond acceptors (Lipinski definition) is 3. The Hall–Kier alpha value is -1.22. The Bertz CT molecular complexity index is 243. The first-order valence-electron chi connectivity index (χ1n) is 5.12. The summed E-state index contributed by atoms with van der Waals surface area (Å²) in [6.07, 6.45) is 3.48. The predicted octanol–water partition coefficient (Wildman–Crippen LogP) is 1.81. The van der Waals surface area contributed by atoms with Crippen LogP contribution in [-0.2, 0) is 0 Å². The first-order valence-corrected chi connectivity index (χ1v) is 5.12. The van der Waals surface area contributed by atoms with Crippen LogP contribution in [0.15, 0.2) is 24.3 Å². The highest BCUT2D eigenvalue weighted by Crippen LogP contribution is 2.10. The van der Waals surface area contributed by atoms with E-state index in [0.29, 0.717) is 0 Å².